The summed E-state index contributed by atoms with van der Waals surface area (Å²) in [6, 6.07) is 8.44. The number of nitrogens with one attached hydrogen (secondary N) is 2. The minimum Gasteiger partial charge on any atom is -0.426 e. The fraction of sp³-hybridized carbons (Fsp3) is 0.529. The maximum atomic E-state index is 12.6. The molecule has 0 saturated heterocycles. The smallest absolute Gasteiger partial charge is 0.426 e. The number of amides is 2. The summed E-state index contributed by atoms with van der Waals surface area (Å²) < 4.78 is 4.78. The van der Waals surface area contributed by atoms with Crippen molar-refractivity contribution >= 4 is 18.9 Å². The normalized spacial score (nSPS) is 13.2. The van der Waals surface area contributed by atoms with Gasteiger partial charge in [0, 0.05) is 13.5 Å². The summed E-state index contributed by atoms with van der Waals surface area (Å²) in [5.41, 5.74) is 0.880. The standard InChI is InChI=1S/C17H27BN2O5/c1-12(2)9-15(18(23)24)20-17(22)14(19-16(21)11-25-3)10-13-7-5-4-6-8-13/h4-8,12,14-15,23-24H,9-11H2,1-3H3,(H,19,21)(H,20,22)/t14-,15-/m0/s1. The van der Waals surface area contributed by atoms with E-state index >= 15 is 0 Å². The SMILES string of the molecule is COCC(=O)N[C@@H](Cc1ccccc1)C(=O)N[C@@H](CC(C)C)B(O)O. The number of rotatable bonds is 10. The Labute approximate surface area is 148 Å². The van der Waals surface area contributed by atoms with Gasteiger partial charge in [-0.3, -0.25) is 9.59 Å². The van der Waals surface area contributed by atoms with Gasteiger partial charge in [0.2, 0.25) is 11.8 Å². The summed E-state index contributed by atoms with van der Waals surface area (Å²) in [6.45, 7) is 3.68. The number of hydrogen-bond donors (Lipinski definition) is 4. The lowest BCUT2D eigenvalue weighted by atomic mass is 9.75. The van der Waals surface area contributed by atoms with Crippen molar-refractivity contribution in [3.63, 3.8) is 0 Å². The molecule has 0 aromatic heterocycles. The van der Waals surface area contributed by atoms with E-state index in [2.05, 4.69) is 10.6 Å². The molecule has 0 bridgehead atoms. The van der Waals surface area contributed by atoms with Gasteiger partial charge in [0.15, 0.2) is 0 Å². The lowest BCUT2D eigenvalue weighted by molar-refractivity contribution is -0.131. The van der Waals surface area contributed by atoms with Gasteiger partial charge in [-0.05, 0) is 17.9 Å². The highest BCUT2D eigenvalue weighted by Gasteiger charge is 2.29. The summed E-state index contributed by atoms with van der Waals surface area (Å²) in [5, 5.41) is 24.2. The molecule has 0 aliphatic carbocycles. The monoisotopic (exact) mass is 350 g/mol. The quantitative estimate of drug-likeness (QED) is 0.441. The van der Waals surface area contributed by atoms with Crippen LogP contribution >= 0.6 is 0 Å². The van der Waals surface area contributed by atoms with E-state index in [1.807, 2.05) is 44.2 Å². The molecule has 0 aliphatic rings. The maximum absolute atomic E-state index is 12.6. The third kappa shape index (κ3) is 8.15. The molecule has 0 saturated carbocycles. The third-order valence-corrected chi connectivity index (χ3v) is 3.62. The molecule has 1 aromatic carbocycles. The van der Waals surface area contributed by atoms with Crippen LogP contribution in [0.1, 0.15) is 25.8 Å². The third-order valence-electron chi connectivity index (χ3n) is 3.62. The highest BCUT2D eigenvalue weighted by Crippen LogP contribution is 2.08. The highest BCUT2D eigenvalue weighted by atomic mass is 16.5. The number of methoxy groups -OCH3 is 1. The van der Waals surface area contributed by atoms with Crippen molar-refractivity contribution in [2.75, 3.05) is 13.7 Å². The molecule has 1 aromatic rings. The first-order valence-electron chi connectivity index (χ1n) is 8.32. The van der Waals surface area contributed by atoms with E-state index in [-0.39, 0.29) is 18.9 Å². The Morgan fingerprint density at radius 1 is 1.16 bits per heavy atom. The molecule has 4 N–H and O–H groups in total. The number of carbonyl (C=O) groups is 2. The van der Waals surface area contributed by atoms with Crippen molar-refractivity contribution < 1.29 is 24.4 Å². The largest absolute Gasteiger partial charge is 0.475 e. The van der Waals surface area contributed by atoms with Gasteiger partial charge in [-0.1, -0.05) is 44.2 Å². The van der Waals surface area contributed by atoms with E-state index in [0.717, 1.165) is 5.56 Å². The maximum Gasteiger partial charge on any atom is 0.475 e. The van der Waals surface area contributed by atoms with Gasteiger partial charge in [-0.2, -0.15) is 0 Å². The second kappa shape index (κ2) is 10.9. The average molecular weight is 350 g/mol. The van der Waals surface area contributed by atoms with Crippen molar-refractivity contribution in [2.45, 2.75) is 38.7 Å². The van der Waals surface area contributed by atoms with Gasteiger partial charge < -0.3 is 25.4 Å². The Morgan fingerprint density at radius 3 is 2.32 bits per heavy atom. The van der Waals surface area contributed by atoms with E-state index in [0.29, 0.717) is 6.42 Å². The van der Waals surface area contributed by atoms with Crippen LogP contribution < -0.4 is 10.6 Å². The summed E-state index contributed by atoms with van der Waals surface area (Å²) in [7, 11) is -0.273. The summed E-state index contributed by atoms with van der Waals surface area (Å²) in [4.78, 5) is 24.4. The van der Waals surface area contributed by atoms with E-state index in [1.54, 1.807) is 0 Å². The Hall–Kier alpha value is -1.90. The Bertz CT molecular complexity index is 539. The van der Waals surface area contributed by atoms with Crippen LogP contribution in [0.25, 0.3) is 0 Å². The molecular formula is C17H27BN2O5. The first-order valence-corrected chi connectivity index (χ1v) is 8.32. The zero-order valence-electron chi connectivity index (χ0n) is 14.9. The van der Waals surface area contributed by atoms with Gasteiger partial charge in [0.1, 0.15) is 12.6 Å². The van der Waals surface area contributed by atoms with Crippen LogP contribution in [-0.4, -0.2) is 54.7 Å². The highest BCUT2D eigenvalue weighted by molar-refractivity contribution is 6.43. The minimum atomic E-state index is -1.67. The molecule has 1 rings (SSSR count). The lowest BCUT2D eigenvalue weighted by Gasteiger charge is -2.24. The number of ether oxygens (including phenoxy) is 1. The molecule has 0 spiro atoms. The fourth-order valence-electron chi connectivity index (χ4n) is 2.47. The van der Waals surface area contributed by atoms with E-state index < -0.39 is 30.9 Å². The molecule has 25 heavy (non-hydrogen) atoms. The van der Waals surface area contributed by atoms with Crippen LogP contribution in [0, 0.1) is 5.92 Å². The second-order valence-electron chi connectivity index (χ2n) is 6.40. The van der Waals surface area contributed by atoms with Crippen LogP contribution in [0.15, 0.2) is 30.3 Å². The van der Waals surface area contributed by atoms with Gasteiger partial charge >= 0.3 is 7.12 Å². The van der Waals surface area contributed by atoms with E-state index in [1.165, 1.54) is 7.11 Å². The average Bonchev–Trinajstić information content (AvgIpc) is 2.54. The van der Waals surface area contributed by atoms with Crippen LogP contribution in [0.2, 0.25) is 0 Å². The molecule has 0 fully saturated rings. The summed E-state index contributed by atoms with van der Waals surface area (Å²) in [5.74, 6) is -1.51. The Kier molecular flexibility index (Phi) is 9.19. The van der Waals surface area contributed by atoms with Crippen molar-refractivity contribution in [3.05, 3.63) is 35.9 Å². The van der Waals surface area contributed by atoms with Crippen LogP contribution in [-0.2, 0) is 20.7 Å². The zero-order valence-corrected chi connectivity index (χ0v) is 14.9. The fourth-order valence-corrected chi connectivity index (χ4v) is 2.47. The molecule has 0 radical (unpaired) electrons. The molecule has 8 heteroatoms. The van der Waals surface area contributed by atoms with E-state index in [9.17, 15) is 19.6 Å². The predicted molar refractivity (Wildman–Crippen MR) is 95.5 cm³/mol. The van der Waals surface area contributed by atoms with Crippen molar-refractivity contribution in [2.24, 2.45) is 5.92 Å². The predicted octanol–water partition coefficient (Wildman–Crippen LogP) is -0.0968. The number of hydrogen-bond acceptors (Lipinski definition) is 5. The Balaban J connectivity index is 2.84. The van der Waals surface area contributed by atoms with Gasteiger partial charge in [0.05, 0.1) is 5.94 Å². The molecule has 0 unspecified atom stereocenters. The van der Waals surface area contributed by atoms with Crippen LogP contribution in [0.4, 0.5) is 0 Å². The van der Waals surface area contributed by atoms with Crippen LogP contribution in [0.3, 0.4) is 0 Å². The van der Waals surface area contributed by atoms with Gasteiger partial charge in [-0.15, -0.1) is 0 Å². The van der Waals surface area contributed by atoms with Crippen molar-refractivity contribution in [3.8, 4) is 0 Å². The van der Waals surface area contributed by atoms with Gasteiger partial charge in [0.25, 0.3) is 0 Å². The molecule has 138 valence electrons. The summed E-state index contributed by atoms with van der Waals surface area (Å²) >= 11 is 0. The molecule has 0 aliphatic heterocycles. The zero-order chi connectivity index (χ0) is 18.8. The number of carbonyl (C=O) groups excluding carboxylic acids is 2. The number of benzene rings is 1. The lowest BCUT2D eigenvalue weighted by Crippen LogP contribution is -2.55. The molecule has 0 heterocycles. The molecule has 7 nitrogen and oxygen atoms in total. The first-order chi connectivity index (χ1) is 11.8. The van der Waals surface area contributed by atoms with Gasteiger partial charge in [-0.25, -0.2) is 0 Å². The van der Waals surface area contributed by atoms with Crippen LogP contribution in [0.5, 0.6) is 0 Å². The second-order valence-corrected chi connectivity index (χ2v) is 6.40. The van der Waals surface area contributed by atoms with Crippen molar-refractivity contribution in [1.29, 1.82) is 0 Å². The minimum absolute atomic E-state index is 0.156. The molecular weight excluding hydrogens is 323 g/mol. The van der Waals surface area contributed by atoms with E-state index in [4.69, 9.17) is 4.74 Å². The summed E-state index contributed by atoms with van der Waals surface area (Å²) in [6.07, 6.45) is 0.700. The topological polar surface area (TPSA) is 108 Å². The van der Waals surface area contributed by atoms with Crippen molar-refractivity contribution in [1.82, 2.24) is 10.6 Å². The first kappa shape index (κ1) is 21.1. The Morgan fingerprint density at radius 2 is 1.80 bits per heavy atom. The molecule has 2 amide bonds. The molecule has 2 atom stereocenters.